The normalized spacial score (nSPS) is 10.2. The predicted molar refractivity (Wildman–Crippen MR) is 69.1 cm³/mol. The van der Waals surface area contributed by atoms with Gasteiger partial charge < -0.3 is 9.88 Å². The molecule has 1 aromatic carbocycles. The molecule has 0 radical (unpaired) electrons. The number of para-hydroxylation sites is 1. The zero-order valence-electron chi connectivity index (χ0n) is 9.27. The lowest BCUT2D eigenvalue weighted by Gasteiger charge is -2.21. The van der Waals surface area contributed by atoms with E-state index in [9.17, 15) is 4.79 Å². The van der Waals surface area contributed by atoms with Gasteiger partial charge in [-0.2, -0.15) is 0 Å². The van der Waals surface area contributed by atoms with E-state index in [-0.39, 0.29) is 11.8 Å². The Labute approximate surface area is 105 Å². The molecule has 0 atom stereocenters. The summed E-state index contributed by atoms with van der Waals surface area (Å²) in [5.41, 5.74) is 1.83. The van der Waals surface area contributed by atoms with Crippen molar-refractivity contribution in [1.29, 1.82) is 0 Å². The maximum atomic E-state index is 11.8. The minimum absolute atomic E-state index is 0.0183. The summed E-state index contributed by atoms with van der Waals surface area (Å²) in [5.74, 6) is -0.122. The third-order valence-electron chi connectivity index (χ3n) is 2.47. The Morgan fingerprint density at radius 3 is 2.53 bits per heavy atom. The lowest BCUT2D eigenvalue weighted by molar-refractivity contribution is -0.116. The highest BCUT2D eigenvalue weighted by molar-refractivity contribution is 6.29. The van der Waals surface area contributed by atoms with Crippen molar-refractivity contribution >= 4 is 23.2 Å². The Bertz CT molecular complexity index is 467. The maximum absolute atomic E-state index is 11.8. The molecule has 0 saturated heterocycles. The van der Waals surface area contributed by atoms with Crippen LogP contribution in [0.1, 0.15) is 5.69 Å². The number of aromatic nitrogens is 1. The fourth-order valence-corrected chi connectivity index (χ4v) is 1.78. The van der Waals surface area contributed by atoms with Gasteiger partial charge in [0.15, 0.2) is 0 Å². The van der Waals surface area contributed by atoms with Crippen molar-refractivity contribution in [3.8, 4) is 0 Å². The number of nitrogens with zero attached hydrogens (tertiary/aromatic N) is 1. The summed E-state index contributed by atoms with van der Waals surface area (Å²) in [6, 6.07) is 13.4. The number of halogens is 1. The molecule has 0 aliphatic carbocycles. The monoisotopic (exact) mass is 248 g/mol. The molecule has 0 fully saturated rings. The van der Waals surface area contributed by atoms with Gasteiger partial charge in [0.1, 0.15) is 5.88 Å². The van der Waals surface area contributed by atoms with E-state index in [2.05, 4.69) is 4.98 Å². The van der Waals surface area contributed by atoms with Crippen molar-refractivity contribution in [3.63, 3.8) is 0 Å². The second-order valence-corrected chi connectivity index (χ2v) is 3.91. The lowest BCUT2D eigenvalue weighted by Crippen LogP contribution is -2.31. The minimum Gasteiger partial charge on any atom is -0.364 e. The lowest BCUT2D eigenvalue weighted by atomic mass is 10.2. The van der Waals surface area contributed by atoms with E-state index in [0.717, 1.165) is 11.4 Å². The molecule has 1 aromatic heterocycles. The van der Waals surface area contributed by atoms with Gasteiger partial charge in [-0.25, -0.2) is 0 Å². The van der Waals surface area contributed by atoms with E-state index < -0.39 is 0 Å². The number of amides is 1. The second-order valence-electron chi connectivity index (χ2n) is 3.64. The van der Waals surface area contributed by atoms with Crippen LogP contribution in [0.2, 0.25) is 0 Å². The van der Waals surface area contributed by atoms with Crippen LogP contribution in [0.3, 0.4) is 0 Å². The molecule has 17 heavy (non-hydrogen) atoms. The first-order valence-corrected chi connectivity index (χ1v) is 5.88. The average molecular weight is 249 g/mol. The maximum Gasteiger partial charge on any atom is 0.242 e. The third kappa shape index (κ3) is 2.88. The Balaban J connectivity index is 2.23. The average Bonchev–Trinajstić information content (AvgIpc) is 2.89. The molecule has 0 unspecified atom stereocenters. The van der Waals surface area contributed by atoms with Gasteiger partial charge in [0.05, 0.1) is 6.54 Å². The number of benzene rings is 1. The summed E-state index contributed by atoms with van der Waals surface area (Å²) in [6.07, 6.45) is 1.84. The van der Waals surface area contributed by atoms with E-state index in [0.29, 0.717) is 6.54 Å². The van der Waals surface area contributed by atoms with Gasteiger partial charge in [0.25, 0.3) is 0 Å². The van der Waals surface area contributed by atoms with E-state index >= 15 is 0 Å². The molecule has 3 nitrogen and oxygen atoms in total. The first-order valence-electron chi connectivity index (χ1n) is 5.35. The highest BCUT2D eigenvalue weighted by Crippen LogP contribution is 2.16. The molecule has 4 heteroatoms. The van der Waals surface area contributed by atoms with E-state index in [1.165, 1.54) is 0 Å². The van der Waals surface area contributed by atoms with Gasteiger partial charge in [-0.1, -0.05) is 18.2 Å². The number of nitrogens with one attached hydrogen (secondary N) is 1. The molecule has 1 heterocycles. The SMILES string of the molecule is O=C(CCl)N(Cc1ccc[nH]1)c1ccccc1. The quantitative estimate of drug-likeness (QED) is 0.830. The molecule has 0 aliphatic rings. The topological polar surface area (TPSA) is 36.1 Å². The van der Waals surface area contributed by atoms with Crippen LogP contribution in [-0.4, -0.2) is 16.8 Å². The zero-order chi connectivity index (χ0) is 12.1. The van der Waals surface area contributed by atoms with Crippen molar-refractivity contribution in [1.82, 2.24) is 4.98 Å². The fraction of sp³-hybridized carbons (Fsp3) is 0.154. The summed E-state index contributed by atoms with van der Waals surface area (Å²) in [4.78, 5) is 16.6. The largest absolute Gasteiger partial charge is 0.364 e. The molecular weight excluding hydrogens is 236 g/mol. The Morgan fingerprint density at radius 1 is 1.18 bits per heavy atom. The van der Waals surface area contributed by atoms with Crippen LogP contribution in [-0.2, 0) is 11.3 Å². The van der Waals surface area contributed by atoms with Crippen molar-refractivity contribution < 1.29 is 4.79 Å². The zero-order valence-corrected chi connectivity index (χ0v) is 10.0. The van der Waals surface area contributed by atoms with Crippen molar-refractivity contribution in [3.05, 3.63) is 54.4 Å². The molecule has 2 rings (SSSR count). The van der Waals surface area contributed by atoms with Gasteiger partial charge in [-0.15, -0.1) is 11.6 Å². The van der Waals surface area contributed by atoms with Gasteiger partial charge in [-0.05, 0) is 24.3 Å². The molecule has 0 spiro atoms. The van der Waals surface area contributed by atoms with Crippen LogP contribution in [0.4, 0.5) is 5.69 Å². The third-order valence-corrected chi connectivity index (χ3v) is 2.70. The standard InChI is InChI=1S/C13H13ClN2O/c14-9-13(17)16(10-11-5-4-8-15-11)12-6-2-1-3-7-12/h1-8,15H,9-10H2. The van der Waals surface area contributed by atoms with Gasteiger partial charge in [0, 0.05) is 17.6 Å². The van der Waals surface area contributed by atoms with Crippen molar-refractivity contribution in [2.75, 3.05) is 10.8 Å². The number of carbonyl (C=O) groups excluding carboxylic acids is 1. The molecule has 0 saturated carbocycles. The number of H-pyrrole nitrogens is 1. The van der Waals surface area contributed by atoms with Crippen LogP contribution >= 0.6 is 11.6 Å². The van der Waals surface area contributed by atoms with Crippen LogP contribution in [0.5, 0.6) is 0 Å². The van der Waals surface area contributed by atoms with Crippen LogP contribution in [0.25, 0.3) is 0 Å². The minimum atomic E-state index is -0.104. The first kappa shape index (κ1) is 11.7. The van der Waals surface area contributed by atoms with E-state index in [1.54, 1.807) is 4.90 Å². The number of anilines is 1. The molecular formula is C13H13ClN2O. The van der Waals surface area contributed by atoms with Gasteiger partial charge in [0.2, 0.25) is 5.91 Å². The van der Waals surface area contributed by atoms with E-state index in [1.807, 2.05) is 48.7 Å². The van der Waals surface area contributed by atoms with Crippen LogP contribution in [0, 0.1) is 0 Å². The van der Waals surface area contributed by atoms with E-state index in [4.69, 9.17) is 11.6 Å². The van der Waals surface area contributed by atoms with Crippen molar-refractivity contribution in [2.24, 2.45) is 0 Å². The fourth-order valence-electron chi connectivity index (χ4n) is 1.64. The summed E-state index contributed by atoms with van der Waals surface area (Å²) in [5, 5.41) is 0. The Hall–Kier alpha value is -1.74. The molecule has 1 N–H and O–H groups in total. The summed E-state index contributed by atoms with van der Waals surface area (Å²) < 4.78 is 0. The number of hydrogen-bond acceptors (Lipinski definition) is 1. The number of rotatable bonds is 4. The highest BCUT2D eigenvalue weighted by atomic mass is 35.5. The van der Waals surface area contributed by atoms with Crippen LogP contribution in [0.15, 0.2) is 48.7 Å². The number of carbonyl (C=O) groups is 1. The smallest absolute Gasteiger partial charge is 0.242 e. The molecule has 1 amide bonds. The number of hydrogen-bond donors (Lipinski definition) is 1. The van der Waals surface area contributed by atoms with Crippen molar-refractivity contribution in [2.45, 2.75) is 6.54 Å². The number of alkyl halides is 1. The number of aromatic amines is 1. The van der Waals surface area contributed by atoms with Gasteiger partial charge in [-0.3, -0.25) is 4.79 Å². The summed E-state index contributed by atoms with van der Waals surface area (Å²) in [6.45, 7) is 0.503. The summed E-state index contributed by atoms with van der Waals surface area (Å²) in [7, 11) is 0. The predicted octanol–water partition coefficient (Wildman–Crippen LogP) is 2.79. The molecule has 0 aliphatic heterocycles. The van der Waals surface area contributed by atoms with Crippen LogP contribution < -0.4 is 4.90 Å². The van der Waals surface area contributed by atoms with Gasteiger partial charge >= 0.3 is 0 Å². The Morgan fingerprint density at radius 2 is 1.94 bits per heavy atom. The molecule has 88 valence electrons. The second kappa shape index (κ2) is 5.55. The first-order chi connectivity index (χ1) is 8.31. The molecule has 0 bridgehead atoms. The highest BCUT2D eigenvalue weighted by Gasteiger charge is 2.14. The summed E-state index contributed by atoms with van der Waals surface area (Å²) >= 11 is 5.64. The Kier molecular flexibility index (Phi) is 3.83. The molecule has 2 aromatic rings.